The number of oxime groups is 1. The smallest absolute Gasteiger partial charge is 0.170 e. The van der Waals surface area contributed by atoms with Crippen molar-refractivity contribution >= 4 is 11.5 Å². The van der Waals surface area contributed by atoms with E-state index in [-0.39, 0.29) is 11.7 Å². The van der Waals surface area contributed by atoms with E-state index in [0.717, 1.165) is 38.8 Å². The van der Waals surface area contributed by atoms with E-state index < -0.39 is 0 Å². The van der Waals surface area contributed by atoms with Crippen molar-refractivity contribution in [2.24, 2.45) is 10.9 Å². The third kappa shape index (κ3) is 4.40. The van der Waals surface area contributed by atoms with Crippen molar-refractivity contribution in [2.75, 3.05) is 18.0 Å². The molecule has 0 aliphatic rings. The minimum absolute atomic E-state index is 0.0795. The third-order valence-electron chi connectivity index (χ3n) is 3.26. The molecule has 4 nitrogen and oxygen atoms in total. The number of unbranched alkanes of at least 4 members (excludes halogenated alkanes) is 2. The van der Waals surface area contributed by atoms with Gasteiger partial charge in [0.15, 0.2) is 5.84 Å². The van der Waals surface area contributed by atoms with E-state index >= 15 is 0 Å². The summed E-state index contributed by atoms with van der Waals surface area (Å²) in [6, 6.07) is 4.70. The van der Waals surface area contributed by atoms with Crippen molar-refractivity contribution < 1.29 is 9.60 Å². The Bertz CT molecular complexity index is 441. The second-order valence-electron chi connectivity index (χ2n) is 4.85. The number of hydrogen-bond donors (Lipinski definition) is 2. The fraction of sp³-hybridized carbons (Fsp3) is 0.533. The highest BCUT2D eigenvalue weighted by Gasteiger charge is 2.12. The highest BCUT2D eigenvalue weighted by molar-refractivity contribution is 5.97. The van der Waals surface area contributed by atoms with Crippen LogP contribution in [0.5, 0.6) is 0 Å². The first-order valence-electron chi connectivity index (χ1n) is 7.16. The number of benzene rings is 1. The molecule has 0 atom stereocenters. The number of anilines is 1. The molecule has 1 aromatic carbocycles. The highest BCUT2D eigenvalue weighted by Crippen LogP contribution is 2.21. The standard InChI is InChI=1S/C15H24FN3O/c1-3-5-9-19(10-6-4-2)14-8-7-12(11-13(14)16)15(17)18-20/h7-8,11,20H,3-6,9-10H2,1-2H3,(H2,17,18). The Morgan fingerprint density at radius 2 is 1.85 bits per heavy atom. The summed E-state index contributed by atoms with van der Waals surface area (Å²) in [7, 11) is 0. The van der Waals surface area contributed by atoms with Crippen LogP contribution in [0.25, 0.3) is 0 Å². The third-order valence-corrected chi connectivity index (χ3v) is 3.26. The minimum Gasteiger partial charge on any atom is -0.409 e. The maximum Gasteiger partial charge on any atom is 0.170 e. The molecule has 0 aromatic heterocycles. The Morgan fingerprint density at radius 3 is 2.30 bits per heavy atom. The van der Waals surface area contributed by atoms with Crippen molar-refractivity contribution in [3.8, 4) is 0 Å². The Hall–Kier alpha value is -1.78. The van der Waals surface area contributed by atoms with Gasteiger partial charge in [0.25, 0.3) is 0 Å². The van der Waals surface area contributed by atoms with Crippen LogP contribution in [-0.4, -0.2) is 24.1 Å². The number of nitrogens with two attached hydrogens (primary N) is 1. The average Bonchev–Trinajstić information content (AvgIpc) is 2.47. The first-order valence-corrected chi connectivity index (χ1v) is 7.16. The van der Waals surface area contributed by atoms with E-state index in [1.807, 2.05) is 0 Å². The molecule has 20 heavy (non-hydrogen) atoms. The topological polar surface area (TPSA) is 61.8 Å². The van der Waals surface area contributed by atoms with Gasteiger partial charge >= 0.3 is 0 Å². The minimum atomic E-state index is -0.332. The SMILES string of the molecule is CCCCN(CCCC)c1ccc(/C(N)=N/O)cc1F. The molecule has 0 amide bonds. The number of nitrogens with zero attached hydrogens (tertiary/aromatic N) is 2. The van der Waals surface area contributed by atoms with E-state index in [0.29, 0.717) is 11.3 Å². The molecule has 0 saturated heterocycles. The van der Waals surface area contributed by atoms with Gasteiger partial charge in [-0.05, 0) is 31.0 Å². The van der Waals surface area contributed by atoms with Crippen LogP contribution < -0.4 is 10.6 Å². The van der Waals surface area contributed by atoms with Gasteiger partial charge in [0.1, 0.15) is 5.82 Å². The summed E-state index contributed by atoms with van der Waals surface area (Å²) >= 11 is 0. The van der Waals surface area contributed by atoms with E-state index in [1.54, 1.807) is 12.1 Å². The van der Waals surface area contributed by atoms with E-state index in [1.165, 1.54) is 6.07 Å². The van der Waals surface area contributed by atoms with Gasteiger partial charge in [0, 0.05) is 18.7 Å². The Morgan fingerprint density at radius 1 is 1.25 bits per heavy atom. The van der Waals surface area contributed by atoms with Gasteiger partial charge in [0.05, 0.1) is 5.69 Å². The van der Waals surface area contributed by atoms with Gasteiger partial charge in [-0.2, -0.15) is 0 Å². The largest absolute Gasteiger partial charge is 0.409 e. The van der Waals surface area contributed by atoms with Crippen molar-refractivity contribution in [1.29, 1.82) is 0 Å². The quantitative estimate of drug-likeness (QED) is 0.332. The van der Waals surface area contributed by atoms with Gasteiger partial charge in [-0.3, -0.25) is 0 Å². The van der Waals surface area contributed by atoms with Crippen LogP contribution in [0.1, 0.15) is 45.1 Å². The van der Waals surface area contributed by atoms with Gasteiger partial charge in [-0.25, -0.2) is 4.39 Å². The van der Waals surface area contributed by atoms with Crippen LogP contribution in [-0.2, 0) is 0 Å². The summed E-state index contributed by atoms with van der Waals surface area (Å²) in [5.74, 6) is -0.412. The average molecular weight is 281 g/mol. The van der Waals surface area contributed by atoms with E-state index in [2.05, 4.69) is 23.9 Å². The molecule has 1 rings (SSSR count). The first-order chi connectivity index (χ1) is 9.63. The monoisotopic (exact) mass is 281 g/mol. The van der Waals surface area contributed by atoms with Crippen LogP contribution in [0.3, 0.4) is 0 Å². The zero-order chi connectivity index (χ0) is 15.0. The zero-order valence-corrected chi connectivity index (χ0v) is 12.3. The molecular formula is C15H24FN3O. The lowest BCUT2D eigenvalue weighted by Gasteiger charge is -2.25. The summed E-state index contributed by atoms with van der Waals surface area (Å²) in [6.45, 7) is 5.93. The molecule has 0 aliphatic heterocycles. The predicted octanol–water partition coefficient (Wildman–Crippen LogP) is 3.33. The molecule has 0 radical (unpaired) electrons. The zero-order valence-electron chi connectivity index (χ0n) is 12.3. The summed E-state index contributed by atoms with van der Waals surface area (Å²) in [6.07, 6.45) is 4.22. The molecule has 0 aliphatic carbocycles. The van der Waals surface area contributed by atoms with Crippen LogP contribution in [0, 0.1) is 5.82 Å². The maximum absolute atomic E-state index is 14.2. The van der Waals surface area contributed by atoms with E-state index in [9.17, 15) is 4.39 Å². The highest BCUT2D eigenvalue weighted by atomic mass is 19.1. The second kappa shape index (κ2) is 8.40. The molecular weight excluding hydrogens is 257 g/mol. The van der Waals surface area contributed by atoms with Gasteiger partial charge in [0.2, 0.25) is 0 Å². The summed E-state index contributed by atoms with van der Waals surface area (Å²) in [5.41, 5.74) is 6.44. The predicted molar refractivity (Wildman–Crippen MR) is 80.9 cm³/mol. The lowest BCUT2D eigenvalue weighted by Crippen LogP contribution is -2.26. The second-order valence-corrected chi connectivity index (χ2v) is 4.85. The molecule has 5 heteroatoms. The lowest BCUT2D eigenvalue weighted by molar-refractivity contribution is 0.318. The summed E-state index contributed by atoms with van der Waals surface area (Å²) in [4.78, 5) is 2.07. The fourth-order valence-corrected chi connectivity index (χ4v) is 2.03. The van der Waals surface area contributed by atoms with Crippen LogP contribution in [0.4, 0.5) is 10.1 Å². The lowest BCUT2D eigenvalue weighted by atomic mass is 10.1. The molecule has 0 bridgehead atoms. The Kier molecular flexibility index (Phi) is 6.84. The fourth-order valence-electron chi connectivity index (χ4n) is 2.03. The summed E-state index contributed by atoms with van der Waals surface area (Å²) < 4.78 is 14.2. The molecule has 1 aromatic rings. The first kappa shape index (κ1) is 16.3. The summed E-state index contributed by atoms with van der Waals surface area (Å²) in [5, 5.41) is 11.5. The number of rotatable bonds is 8. The molecule has 0 heterocycles. The van der Waals surface area contributed by atoms with Crippen LogP contribution in [0.15, 0.2) is 23.4 Å². The Labute approximate surface area is 120 Å². The van der Waals surface area contributed by atoms with E-state index in [4.69, 9.17) is 10.9 Å². The molecule has 0 unspecified atom stereocenters. The number of halogens is 1. The van der Waals surface area contributed by atoms with Gasteiger partial charge in [-0.15, -0.1) is 0 Å². The Balaban J connectivity index is 2.95. The maximum atomic E-state index is 14.2. The molecule has 0 spiro atoms. The van der Waals surface area contributed by atoms with Gasteiger partial charge < -0.3 is 15.8 Å². The van der Waals surface area contributed by atoms with Crippen molar-refractivity contribution in [3.63, 3.8) is 0 Å². The molecule has 0 saturated carbocycles. The molecule has 3 N–H and O–H groups in total. The number of hydrogen-bond acceptors (Lipinski definition) is 3. The van der Waals surface area contributed by atoms with Crippen molar-refractivity contribution in [1.82, 2.24) is 0 Å². The van der Waals surface area contributed by atoms with Crippen molar-refractivity contribution in [3.05, 3.63) is 29.6 Å². The number of amidine groups is 1. The normalized spacial score (nSPS) is 11.7. The molecule has 0 fully saturated rings. The van der Waals surface area contributed by atoms with Gasteiger partial charge in [-0.1, -0.05) is 31.8 Å². The van der Waals surface area contributed by atoms with Crippen LogP contribution in [0.2, 0.25) is 0 Å². The molecule has 112 valence electrons. The van der Waals surface area contributed by atoms with Crippen LogP contribution >= 0.6 is 0 Å². The van der Waals surface area contributed by atoms with Crippen molar-refractivity contribution in [2.45, 2.75) is 39.5 Å².